The van der Waals surface area contributed by atoms with E-state index in [2.05, 4.69) is 21.0 Å². The van der Waals surface area contributed by atoms with Gasteiger partial charge < -0.3 is 22.1 Å². The van der Waals surface area contributed by atoms with E-state index in [1.165, 1.54) is 18.7 Å². The molecule has 0 radical (unpaired) electrons. The molecular formula is C24H26ClN7OS. The Labute approximate surface area is 208 Å². The molecule has 0 unspecified atom stereocenters. The SMILES string of the molecule is [2H][C@@]1(N)c2ccccc2CC12CCN(c1nc(N)c(Sc3ccnc(N)c3Cl)nc1C(C)=O)CC2. The smallest absolute Gasteiger partial charge is 0.181 e. The predicted molar refractivity (Wildman–Crippen MR) is 135 cm³/mol. The molecule has 0 amide bonds. The lowest BCUT2D eigenvalue weighted by atomic mass is 9.73. The first kappa shape index (κ1) is 21.6. The molecule has 1 aromatic carbocycles. The minimum absolute atomic E-state index is 0.198. The van der Waals surface area contributed by atoms with Crippen LogP contribution in [0, 0.1) is 5.41 Å². The summed E-state index contributed by atoms with van der Waals surface area (Å²) in [5.41, 5.74) is 20.6. The average molecular weight is 497 g/mol. The lowest BCUT2D eigenvalue weighted by molar-refractivity contribution is 0.101. The number of hydrogen-bond donors (Lipinski definition) is 3. The highest BCUT2D eigenvalue weighted by atomic mass is 35.5. The summed E-state index contributed by atoms with van der Waals surface area (Å²) >= 11 is 7.46. The molecule has 2 aromatic heterocycles. The largest absolute Gasteiger partial charge is 0.382 e. The molecule has 2 aliphatic rings. The van der Waals surface area contributed by atoms with Crippen molar-refractivity contribution in [2.45, 2.75) is 42.1 Å². The van der Waals surface area contributed by atoms with Gasteiger partial charge >= 0.3 is 0 Å². The Morgan fingerprint density at radius 2 is 1.94 bits per heavy atom. The highest BCUT2D eigenvalue weighted by molar-refractivity contribution is 7.99. The number of halogens is 1. The van der Waals surface area contributed by atoms with Crippen molar-refractivity contribution in [3.63, 3.8) is 0 Å². The fourth-order valence-electron chi connectivity index (χ4n) is 4.86. The van der Waals surface area contributed by atoms with E-state index in [1.54, 1.807) is 12.3 Å². The number of nitrogen functional groups attached to an aromatic ring is 2. The minimum Gasteiger partial charge on any atom is -0.382 e. The molecule has 0 saturated carbocycles. The number of ketones is 1. The second kappa shape index (κ2) is 8.72. The highest BCUT2D eigenvalue weighted by Crippen LogP contribution is 2.51. The third-order valence-corrected chi connectivity index (χ3v) is 8.28. The number of rotatable bonds is 4. The fraction of sp³-hybridized carbons (Fsp3) is 0.333. The zero-order chi connectivity index (χ0) is 25.0. The third kappa shape index (κ3) is 3.87. The number of pyridine rings is 1. The minimum atomic E-state index is -1.16. The van der Waals surface area contributed by atoms with Gasteiger partial charge in [-0.15, -0.1) is 0 Å². The second-order valence-corrected chi connectivity index (χ2v) is 10.2. The van der Waals surface area contributed by atoms with E-state index in [-0.39, 0.29) is 28.5 Å². The molecular weight excluding hydrogens is 470 g/mol. The Bertz CT molecular complexity index is 1330. The van der Waals surface area contributed by atoms with E-state index in [9.17, 15) is 4.79 Å². The topological polar surface area (TPSA) is 137 Å². The van der Waals surface area contributed by atoms with Gasteiger partial charge in [0, 0.05) is 37.1 Å². The van der Waals surface area contributed by atoms with Crippen molar-refractivity contribution in [1.82, 2.24) is 15.0 Å². The number of carbonyl (C=O) groups excluding carboxylic acids is 1. The van der Waals surface area contributed by atoms with Gasteiger partial charge in [-0.2, -0.15) is 0 Å². The van der Waals surface area contributed by atoms with Crippen LogP contribution in [0.25, 0.3) is 0 Å². The van der Waals surface area contributed by atoms with Crippen LogP contribution < -0.4 is 22.1 Å². The number of fused-ring (bicyclic) bond motifs is 1. The Hall–Kier alpha value is -2.88. The maximum atomic E-state index is 12.6. The normalized spacial score (nSPS) is 21.4. The zero-order valence-corrected chi connectivity index (χ0v) is 20.3. The molecule has 6 N–H and O–H groups in total. The first-order valence-electron chi connectivity index (χ1n) is 11.5. The van der Waals surface area contributed by atoms with Gasteiger partial charge in [0.15, 0.2) is 17.4 Å². The van der Waals surface area contributed by atoms with Crippen LogP contribution >= 0.6 is 23.4 Å². The lowest BCUT2D eigenvalue weighted by Gasteiger charge is -2.42. The van der Waals surface area contributed by atoms with E-state index >= 15 is 0 Å². The summed E-state index contributed by atoms with van der Waals surface area (Å²) in [5, 5.41) is 0.671. The Balaban J connectivity index is 1.42. The number of nitrogens with two attached hydrogens (primary N) is 3. The van der Waals surface area contributed by atoms with Gasteiger partial charge in [0.1, 0.15) is 16.5 Å². The van der Waals surface area contributed by atoms with Crippen LogP contribution in [0.2, 0.25) is 5.02 Å². The van der Waals surface area contributed by atoms with Gasteiger partial charge in [-0.3, -0.25) is 4.79 Å². The molecule has 1 aliphatic heterocycles. The van der Waals surface area contributed by atoms with E-state index in [4.69, 9.17) is 30.2 Å². The molecule has 5 rings (SSSR count). The summed E-state index contributed by atoms with van der Waals surface area (Å²) in [6, 6.07) is 8.50. The van der Waals surface area contributed by atoms with Crippen molar-refractivity contribution in [3.8, 4) is 0 Å². The molecule has 1 spiro atoms. The lowest BCUT2D eigenvalue weighted by Crippen LogP contribution is -2.45. The molecule has 0 bridgehead atoms. The Morgan fingerprint density at radius 1 is 1.21 bits per heavy atom. The van der Waals surface area contributed by atoms with Crippen LogP contribution in [0.3, 0.4) is 0 Å². The maximum Gasteiger partial charge on any atom is 0.181 e. The monoisotopic (exact) mass is 496 g/mol. The van der Waals surface area contributed by atoms with E-state index in [1.807, 2.05) is 23.1 Å². The Kier molecular flexibility index (Phi) is 5.55. The van der Waals surface area contributed by atoms with Gasteiger partial charge in [0.2, 0.25) is 0 Å². The molecule has 10 heteroatoms. The van der Waals surface area contributed by atoms with Crippen LogP contribution in [0.15, 0.2) is 46.5 Å². The molecule has 34 heavy (non-hydrogen) atoms. The van der Waals surface area contributed by atoms with E-state index in [0.717, 1.165) is 17.5 Å². The van der Waals surface area contributed by atoms with Gasteiger partial charge in [0.05, 0.1) is 6.39 Å². The maximum absolute atomic E-state index is 12.6. The zero-order valence-electron chi connectivity index (χ0n) is 19.7. The number of piperidine rings is 1. The average Bonchev–Trinajstić information content (AvgIpc) is 3.04. The van der Waals surface area contributed by atoms with Crippen molar-refractivity contribution in [3.05, 3.63) is 58.4 Å². The van der Waals surface area contributed by atoms with Crippen LogP contribution in [0.5, 0.6) is 0 Å². The van der Waals surface area contributed by atoms with Gasteiger partial charge in [-0.05, 0) is 41.9 Å². The van der Waals surface area contributed by atoms with Gasteiger partial charge in [0.25, 0.3) is 0 Å². The fourth-order valence-corrected chi connectivity index (χ4v) is 5.90. The third-order valence-electron chi connectivity index (χ3n) is 6.72. The summed E-state index contributed by atoms with van der Waals surface area (Å²) in [7, 11) is 0. The molecule has 3 heterocycles. The Morgan fingerprint density at radius 3 is 2.65 bits per heavy atom. The first-order valence-corrected chi connectivity index (χ1v) is 12.2. The molecule has 8 nitrogen and oxygen atoms in total. The van der Waals surface area contributed by atoms with Gasteiger partial charge in [-0.25, -0.2) is 15.0 Å². The molecule has 1 fully saturated rings. The number of aromatic nitrogens is 3. The predicted octanol–water partition coefficient (Wildman–Crippen LogP) is 3.89. The van der Waals surface area contributed by atoms with Crippen LogP contribution in [-0.4, -0.2) is 33.8 Å². The summed E-state index contributed by atoms with van der Waals surface area (Å²) in [5.74, 6) is 0.645. The van der Waals surface area contributed by atoms with Crippen molar-refractivity contribution in [2.24, 2.45) is 11.1 Å². The number of anilines is 3. The molecule has 1 saturated heterocycles. The quantitative estimate of drug-likeness (QED) is 0.459. The molecule has 1 atom stereocenters. The molecule has 3 aromatic rings. The standard InChI is InChI=1S/C24H26ClN7OS/c1-13(33)18-22(31-21(28)23(30-18)34-16-6-9-29-20(27)17(16)25)32-10-7-24(8-11-32)12-14-4-2-3-5-15(14)19(24)26/h2-6,9,19H,7-8,10-12,26H2,1H3,(H2,27,29)(H2,28,31)/t19-/m1/s1/i19D. The molecule has 1 aliphatic carbocycles. The van der Waals surface area contributed by atoms with Crippen molar-refractivity contribution in [1.29, 1.82) is 0 Å². The highest BCUT2D eigenvalue weighted by Gasteiger charge is 2.46. The summed E-state index contributed by atoms with van der Waals surface area (Å²) in [6.07, 6.45) is 3.71. The van der Waals surface area contributed by atoms with E-state index < -0.39 is 6.02 Å². The number of Topliss-reactive ketones (excluding diaryl/α,β-unsaturated/α-hetero) is 1. The first-order chi connectivity index (χ1) is 16.6. The number of benzene rings is 1. The van der Waals surface area contributed by atoms with E-state index in [0.29, 0.717) is 46.7 Å². The number of nitrogens with zero attached hydrogens (tertiary/aromatic N) is 4. The number of hydrogen-bond acceptors (Lipinski definition) is 9. The van der Waals surface area contributed by atoms with Crippen LogP contribution in [0.4, 0.5) is 17.5 Å². The summed E-state index contributed by atoms with van der Waals surface area (Å²) in [6.45, 7) is 2.65. The van der Waals surface area contributed by atoms with Crippen molar-refractivity contribution in [2.75, 3.05) is 29.5 Å². The van der Waals surface area contributed by atoms with Crippen LogP contribution in [0.1, 0.15) is 48.8 Å². The van der Waals surface area contributed by atoms with Crippen molar-refractivity contribution >= 4 is 46.6 Å². The summed E-state index contributed by atoms with van der Waals surface area (Å²) in [4.78, 5) is 28.3. The van der Waals surface area contributed by atoms with Gasteiger partial charge in [-0.1, -0.05) is 47.6 Å². The van der Waals surface area contributed by atoms with Crippen molar-refractivity contribution < 1.29 is 6.17 Å². The second-order valence-electron chi connectivity index (χ2n) is 8.77. The summed E-state index contributed by atoms with van der Waals surface area (Å²) < 4.78 is 9.02. The van der Waals surface area contributed by atoms with Crippen LogP contribution in [-0.2, 0) is 6.42 Å². The molecule has 176 valence electrons. The number of carbonyl (C=O) groups is 1.